The van der Waals surface area contributed by atoms with Gasteiger partial charge >= 0.3 is 0 Å². The Labute approximate surface area is 174 Å². The van der Waals surface area contributed by atoms with Crippen LogP contribution in [0.4, 0.5) is 0 Å². The first-order valence-electron chi connectivity index (χ1n) is 10.3. The number of methoxy groups -OCH3 is 2. The fourth-order valence-corrected chi connectivity index (χ4v) is 5.54. The lowest BCUT2D eigenvalue weighted by molar-refractivity contribution is 0.0895. The molecule has 0 spiro atoms. The molecule has 7 nitrogen and oxygen atoms in total. The summed E-state index contributed by atoms with van der Waals surface area (Å²) in [5.74, 6) is 1.38. The smallest absolute Gasteiger partial charge is 0.176 e. The molecule has 2 rings (SSSR count). The van der Waals surface area contributed by atoms with Crippen LogP contribution in [0.5, 0.6) is 11.5 Å². The molecule has 1 atom stereocenters. The van der Waals surface area contributed by atoms with E-state index >= 15 is 0 Å². The minimum absolute atomic E-state index is 0.0434. The lowest BCUT2D eigenvalue weighted by Crippen LogP contribution is -2.41. The Kier molecular flexibility index (Phi) is 8.92. The van der Waals surface area contributed by atoms with Crippen LogP contribution in [0.15, 0.2) is 18.2 Å². The first-order valence-corrected chi connectivity index (χ1v) is 12.1. The van der Waals surface area contributed by atoms with Crippen molar-refractivity contribution < 1.29 is 22.7 Å². The van der Waals surface area contributed by atoms with Crippen molar-refractivity contribution in [2.75, 3.05) is 58.4 Å². The monoisotopic (exact) mass is 426 g/mol. The van der Waals surface area contributed by atoms with Crippen LogP contribution in [-0.2, 0) is 9.84 Å². The van der Waals surface area contributed by atoms with Crippen LogP contribution < -0.4 is 9.47 Å². The van der Waals surface area contributed by atoms with Gasteiger partial charge < -0.3 is 14.4 Å². The molecular weight excluding hydrogens is 392 g/mol. The Morgan fingerprint density at radius 1 is 1.10 bits per heavy atom. The summed E-state index contributed by atoms with van der Waals surface area (Å²) < 4.78 is 34.5. The number of rotatable bonds is 12. The summed E-state index contributed by atoms with van der Waals surface area (Å²) in [6.07, 6.45) is 1.49. The molecule has 1 aliphatic heterocycles. The van der Waals surface area contributed by atoms with E-state index in [9.17, 15) is 13.2 Å². The molecule has 1 aromatic carbocycles. The van der Waals surface area contributed by atoms with Crippen molar-refractivity contribution in [3.8, 4) is 11.5 Å². The largest absolute Gasteiger partial charge is 0.493 e. The number of benzene rings is 1. The lowest BCUT2D eigenvalue weighted by Gasteiger charge is -2.28. The molecule has 0 aliphatic carbocycles. The maximum Gasteiger partial charge on any atom is 0.176 e. The van der Waals surface area contributed by atoms with Crippen LogP contribution in [0.1, 0.15) is 37.0 Å². The third-order valence-corrected chi connectivity index (χ3v) is 7.34. The Balaban J connectivity index is 2.10. The topological polar surface area (TPSA) is 76.2 Å². The van der Waals surface area contributed by atoms with Crippen LogP contribution in [0.2, 0.25) is 0 Å². The maximum absolute atomic E-state index is 13.0. The molecule has 8 heteroatoms. The molecule has 0 unspecified atom stereocenters. The third kappa shape index (κ3) is 6.69. The second-order valence-corrected chi connectivity index (χ2v) is 9.63. The van der Waals surface area contributed by atoms with Gasteiger partial charge in [0.2, 0.25) is 0 Å². The number of ether oxygens (including phenoxy) is 2. The molecule has 164 valence electrons. The van der Waals surface area contributed by atoms with Gasteiger partial charge in [-0.05, 0) is 50.7 Å². The van der Waals surface area contributed by atoms with E-state index in [0.717, 1.165) is 26.1 Å². The summed E-state index contributed by atoms with van der Waals surface area (Å²) in [5, 5.41) is 0. The van der Waals surface area contributed by atoms with Gasteiger partial charge in [-0.3, -0.25) is 9.69 Å². The zero-order chi connectivity index (χ0) is 21.4. The van der Waals surface area contributed by atoms with E-state index in [-0.39, 0.29) is 29.9 Å². The minimum Gasteiger partial charge on any atom is -0.493 e. The highest BCUT2D eigenvalue weighted by atomic mass is 32.2. The zero-order valence-corrected chi connectivity index (χ0v) is 18.8. The van der Waals surface area contributed by atoms with Crippen LogP contribution >= 0.6 is 0 Å². The van der Waals surface area contributed by atoms with Crippen molar-refractivity contribution >= 4 is 15.6 Å². The van der Waals surface area contributed by atoms with Crippen LogP contribution in [0, 0.1) is 0 Å². The van der Waals surface area contributed by atoms with E-state index in [1.807, 2.05) is 4.90 Å². The molecule has 0 amide bonds. The summed E-state index contributed by atoms with van der Waals surface area (Å²) in [5.41, 5.74) is 0.539. The summed E-state index contributed by atoms with van der Waals surface area (Å²) >= 11 is 0. The van der Waals surface area contributed by atoms with Crippen molar-refractivity contribution in [3.05, 3.63) is 23.8 Å². The standard InChI is InChI=1S/C21H34N2O5S/c1-5-22(6-2)11-7-12-23(18-10-13-29(25,26)16-18)15-19(24)17-8-9-20(27-3)21(14-17)28-4/h8-9,14,18H,5-7,10-13,15-16H2,1-4H3/t18-/m0/s1. The fraction of sp³-hybridized carbons (Fsp3) is 0.667. The van der Waals surface area contributed by atoms with Gasteiger partial charge in [-0.1, -0.05) is 13.8 Å². The summed E-state index contributed by atoms with van der Waals surface area (Å²) in [7, 11) is 0.0786. The van der Waals surface area contributed by atoms with Gasteiger partial charge in [-0.15, -0.1) is 0 Å². The van der Waals surface area contributed by atoms with Gasteiger partial charge in [0, 0.05) is 18.2 Å². The molecule has 0 N–H and O–H groups in total. The zero-order valence-electron chi connectivity index (χ0n) is 18.0. The quantitative estimate of drug-likeness (QED) is 0.474. The van der Waals surface area contributed by atoms with Gasteiger partial charge in [0.15, 0.2) is 27.1 Å². The van der Waals surface area contributed by atoms with E-state index in [2.05, 4.69) is 18.7 Å². The predicted octanol–water partition coefficient (Wildman–Crippen LogP) is 2.11. The molecule has 29 heavy (non-hydrogen) atoms. The second kappa shape index (κ2) is 10.9. The molecule has 1 fully saturated rings. The Bertz CT molecular complexity index is 777. The highest BCUT2D eigenvalue weighted by molar-refractivity contribution is 7.91. The summed E-state index contributed by atoms with van der Waals surface area (Å²) in [4.78, 5) is 17.3. The number of ketones is 1. The van der Waals surface area contributed by atoms with Crippen molar-refractivity contribution in [3.63, 3.8) is 0 Å². The average Bonchev–Trinajstić information content (AvgIpc) is 3.09. The lowest BCUT2D eigenvalue weighted by atomic mass is 10.1. The maximum atomic E-state index is 13.0. The molecule has 0 radical (unpaired) electrons. The third-order valence-electron chi connectivity index (χ3n) is 5.59. The predicted molar refractivity (Wildman–Crippen MR) is 115 cm³/mol. The number of Topliss-reactive ketones (excluding diaryl/α,β-unsaturated/α-hetero) is 1. The molecule has 0 aromatic heterocycles. The molecule has 1 heterocycles. The van der Waals surface area contributed by atoms with E-state index in [1.165, 1.54) is 7.11 Å². The molecular formula is C21H34N2O5S. The Morgan fingerprint density at radius 3 is 2.34 bits per heavy atom. The van der Waals surface area contributed by atoms with Crippen LogP contribution in [0.25, 0.3) is 0 Å². The van der Waals surface area contributed by atoms with Gasteiger partial charge in [-0.2, -0.15) is 0 Å². The van der Waals surface area contributed by atoms with Crippen molar-refractivity contribution in [2.45, 2.75) is 32.7 Å². The number of carbonyl (C=O) groups excluding carboxylic acids is 1. The summed E-state index contributed by atoms with van der Waals surface area (Å²) in [6, 6.07) is 5.03. The molecule has 0 bridgehead atoms. The van der Waals surface area contributed by atoms with E-state index < -0.39 is 9.84 Å². The minimum atomic E-state index is -3.01. The fourth-order valence-electron chi connectivity index (χ4n) is 3.78. The van der Waals surface area contributed by atoms with E-state index in [0.29, 0.717) is 30.0 Å². The highest BCUT2D eigenvalue weighted by Gasteiger charge is 2.33. The molecule has 1 saturated heterocycles. The number of hydrogen-bond donors (Lipinski definition) is 0. The average molecular weight is 427 g/mol. The van der Waals surface area contributed by atoms with Gasteiger partial charge in [0.05, 0.1) is 32.3 Å². The van der Waals surface area contributed by atoms with Crippen molar-refractivity contribution in [1.82, 2.24) is 9.80 Å². The number of sulfone groups is 1. The normalized spacial score (nSPS) is 18.3. The van der Waals surface area contributed by atoms with Crippen molar-refractivity contribution in [1.29, 1.82) is 0 Å². The molecule has 1 aliphatic rings. The van der Waals surface area contributed by atoms with Gasteiger partial charge in [-0.25, -0.2) is 8.42 Å². The van der Waals surface area contributed by atoms with Crippen LogP contribution in [-0.4, -0.2) is 88.5 Å². The first-order chi connectivity index (χ1) is 13.8. The molecule has 1 aromatic rings. The van der Waals surface area contributed by atoms with Crippen molar-refractivity contribution in [2.24, 2.45) is 0 Å². The first kappa shape index (κ1) is 23.6. The number of hydrogen-bond acceptors (Lipinski definition) is 7. The van der Waals surface area contributed by atoms with E-state index in [1.54, 1.807) is 25.3 Å². The van der Waals surface area contributed by atoms with Gasteiger partial charge in [0.1, 0.15) is 0 Å². The van der Waals surface area contributed by atoms with Crippen LogP contribution in [0.3, 0.4) is 0 Å². The summed E-state index contributed by atoms with van der Waals surface area (Å²) in [6.45, 7) is 8.08. The van der Waals surface area contributed by atoms with E-state index in [4.69, 9.17) is 9.47 Å². The van der Waals surface area contributed by atoms with Gasteiger partial charge in [0.25, 0.3) is 0 Å². The molecule has 0 saturated carbocycles. The number of carbonyl (C=O) groups is 1. The Morgan fingerprint density at radius 2 is 1.79 bits per heavy atom. The second-order valence-electron chi connectivity index (χ2n) is 7.40. The SMILES string of the molecule is CCN(CC)CCCN(CC(=O)c1ccc(OC)c(OC)c1)[C@H]1CCS(=O)(=O)C1. The highest BCUT2D eigenvalue weighted by Crippen LogP contribution is 2.28. The Hall–Kier alpha value is -1.64. The number of nitrogens with zero attached hydrogens (tertiary/aromatic N) is 2.